The van der Waals surface area contributed by atoms with Gasteiger partial charge in [-0.1, -0.05) is 0 Å². The average molecular weight is 513 g/mol. The van der Waals surface area contributed by atoms with E-state index in [1.165, 1.54) is 0 Å². The number of imidazole rings is 1. The van der Waals surface area contributed by atoms with E-state index in [9.17, 15) is 31.1 Å². The Labute approximate surface area is 164 Å². The molecule has 13 heteroatoms. The molecule has 0 unspecified atom stereocenters. The molecule has 0 bridgehead atoms. The molecular weight excluding hydrogens is 507 g/mol. The van der Waals surface area contributed by atoms with E-state index in [0.29, 0.717) is 10.6 Å². The summed E-state index contributed by atoms with van der Waals surface area (Å²) in [7, 11) is 0. The lowest BCUT2D eigenvalue weighted by atomic mass is 10.3. The van der Waals surface area contributed by atoms with Gasteiger partial charge in [0.05, 0.1) is 11.1 Å². The van der Waals surface area contributed by atoms with Crippen molar-refractivity contribution in [3.05, 3.63) is 62.0 Å². The molecule has 0 aliphatic rings. The van der Waals surface area contributed by atoms with Gasteiger partial charge in [0.2, 0.25) is 0 Å². The number of nitrogens with zero attached hydrogens (tertiary/aromatic N) is 5. The minimum absolute atomic E-state index is 0.0677. The molecule has 28 heavy (non-hydrogen) atoms. The highest BCUT2D eigenvalue weighted by molar-refractivity contribution is 14.1. The summed E-state index contributed by atoms with van der Waals surface area (Å²) in [5.41, 5.74) is -2.84. The van der Waals surface area contributed by atoms with Gasteiger partial charge < -0.3 is 0 Å². The Balaban J connectivity index is 1.93. The maximum atomic E-state index is 12.9. The molecule has 0 amide bonds. The molecule has 0 fully saturated rings. The minimum Gasteiger partial charge on any atom is -0.292 e. The predicted octanol–water partition coefficient (Wildman–Crippen LogP) is 3.78. The molecule has 4 aromatic rings. The molecule has 0 saturated heterocycles. The molecule has 0 aromatic carbocycles. The molecule has 0 atom stereocenters. The van der Waals surface area contributed by atoms with Crippen molar-refractivity contribution in [2.75, 3.05) is 0 Å². The summed E-state index contributed by atoms with van der Waals surface area (Å²) < 4.78 is 80.0. The van der Waals surface area contributed by atoms with E-state index in [2.05, 4.69) is 10.1 Å². The first-order valence-electron chi connectivity index (χ1n) is 7.40. The highest BCUT2D eigenvalue weighted by atomic mass is 127. The van der Waals surface area contributed by atoms with Gasteiger partial charge in [-0.25, -0.2) is 14.2 Å². The van der Waals surface area contributed by atoms with Gasteiger partial charge in [0.1, 0.15) is 9.35 Å². The van der Waals surface area contributed by atoms with E-state index in [4.69, 9.17) is 0 Å². The molecule has 4 aromatic heterocycles. The van der Waals surface area contributed by atoms with Crippen molar-refractivity contribution in [2.24, 2.45) is 0 Å². The molecule has 0 saturated carbocycles. The molecule has 4 rings (SSSR count). The Morgan fingerprint density at radius 2 is 1.36 bits per heavy atom. The molecule has 0 radical (unpaired) electrons. The van der Waals surface area contributed by atoms with Crippen LogP contribution in [0.4, 0.5) is 26.3 Å². The van der Waals surface area contributed by atoms with Gasteiger partial charge in [0, 0.05) is 12.4 Å². The molecular formula is C15H6F6IN5O. The zero-order chi connectivity index (χ0) is 20.4. The van der Waals surface area contributed by atoms with Crippen LogP contribution in [-0.4, -0.2) is 23.6 Å². The quantitative estimate of drug-likeness (QED) is 0.288. The largest absolute Gasteiger partial charge is 0.417 e. The zero-order valence-corrected chi connectivity index (χ0v) is 15.4. The third-order valence-corrected chi connectivity index (χ3v) is 4.92. The van der Waals surface area contributed by atoms with Crippen LogP contribution >= 0.6 is 22.6 Å². The van der Waals surface area contributed by atoms with E-state index in [1.54, 1.807) is 22.6 Å². The Morgan fingerprint density at radius 1 is 0.821 bits per heavy atom. The third-order valence-electron chi connectivity index (χ3n) is 3.92. The third kappa shape index (κ3) is 2.93. The van der Waals surface area contributed by atoms with Crippen molar-refractivity contribution in [3.8, 4) is 5.82 Å². The summed E-state index contributed by atoms with van der Waals surface area (Å²) in [4.78, 5) is 16.6. The smallest absolute Gasteiger partial charge is 0.292 e. The van der Waals surface area contributed by atoms with Crippen molar-refractivity contribution in [1.82, 2.24) is 23.6 Å². The highest BCUT2D eigenvalue weighted by Gasteiger charge is 2.32. The second-order valence-corrected chi connectivity index (χ2v) is 6.73. The fourth-order valence-corrected chi connectivity index (χ4v) is 3.32. The summed E-state index contributed by atoms with van der Waals surface area (Å²) in [6.45, 7) is 0. The number of fused-ring (bicyclic) bond motifs is 2. The molecule has 0 spiro atoms. The van der Waals surface area contributed by atoms with E-state index >= 15 is 0 Å². The number of hydrogen-bond acceptors (Lipinski definition) is 3. The van der Waals surface area contributed by atoms with Crippen LogP contribution in [0.1, 0.15) is 11.1 Å². The van der Waals surface area contributed by atoms with Crippen LogP contribution in [0.25, 0.3) is 17.1 Å². The monoisotopic (exact) mass is 513 g/mol. The molecule has 0 aliphatic heterocycles. The Kier molecular flexibility index (Phi) is 3.99. The second-order valence-electron chi connectivity index (χ2n) is 5.71. The first-order chi connectivity index (χ1) is 13.0. The van der Waals surface area contributed by atoms with Crippen LogP contribution in [0.5, 0.6) is 0 Å². The summed E-state index contributed by atoms with van der Waals surface area (Å²) in [5, 5.41) is 3.93. The first-order valence-corrected chi connectivity index (χ1v) is 8.48. The van der Waals surface area contributed by atoms with Crippen LogP contribution in [0.2, 0.25) is 0 Å². The first kappa shape index (κ1) is 18.8. The van der Waals surface area contributed by atoms with Gasteiger partial charge in [-0.15, -0.1) is 5.10 Å². The summed E-state index contributed by atoms with van der Waals surface area (Å²) >= 11 is 1.69. The standard InChI is InChI=1S/C15H6F6IN5O/c16-14(17,18)7-1-3-9-23-12(11(22)25(9)5-7)27-13(28)26-6-8(15(19,20)21)2-4-10(26)24-27/h1-6H. The summed E-state index contributed by atoms with van der Waals surface area (Å²) in [5.74, 6) is -0.0952. The summed E-state index contributed by atoms with van der Waals surface area (Å²) in [6.07, 6.45) is -7.81. The minimum atomic E-state index is -4.65. The zero-order valence-electron chi connectivity index (χ0n) is 13.3. The van der Waals surface area contributed by atoms with Crippen LogP contribution in [0.3, 0.4) is 0 Å². The van der Waals surface area contributed by atoms with E-state index in [1.807, 2.05) is 0 Å². The van der Waals surface area contributed by atoms with Crippen molar-refractivity contribution in [1.29, 1.82) is 0 Å². The van der Waals surface area contributed by atoms with Crippen molar-refractivity contribution >= 4 is 33.9 Å². The van der Waals surface area contributed by atoms with Gasteiger partial charge in [0.15, 0.2) is 11.5 Å². The molecule has 0 aliphatic carbocycles. The maximum Gasteiger partial charge on any atom is 0.417 e. The number of rotatable bonds is 1. The van der Waals surface area contributed by atoms with Gasteiger partial charge >= 0.3 is 18.0 Å². The number of alkyl halides is 6. The van der Waals surface area contributed by atoms with E-state index in [-0.39, 0.29) is 20.8 Å². The van der Waals surface area contributed by atoms with Gasteiger partial charge in [-0.2, -0.15) is 31.0 Å². The molecule has 6 nitrogen and oxygen atoms in total. The number of hydrogen-bond donors (Lipinski definition) is 0. The topological polar surface area (TPSA) is 56.6 Å². The van der Waals surface area contributed by atoms with E-state index in [0.717, 1.165) is 39.5 Å². The Hall–Kier alpha value is -2.58. The molecule has 0 N–H and O–H groups in total. The lowest BCUT2D eigenvalue weighted by Crippen LogP contribution is -2.21. The van der Waals surface area contributed by atoms with Crippen LogP contribution in [0, 0.1) is 3.70 Å². The predicted molar refractivity (Wildman–Crippen MR) is 92.3 cm³/mol. The second kappa shape index (κ2) is 5.96. The van der Waals surface area contributed by atoms with Crippen molar-refractivity contribution in [2.45, 2.75) is 12.4 Å². The molecule has 146 valence electrons. The average Bonchev–Trinajstić information content (AvgIpc) is 3.10. The van der Waals surface area contributed by atoms with Crippen LogP contribution in [-0.2, 0) is 12.4 Å². The fourth-order valence-electron chi connectivity index (χ4n) is 2.59. The van der Waals surface area contributed by atoms with Crippen molar-refractivity contribution < 1.29 is 26.3 Å². The lowest BCUT2D eigenvalue weighted by Gasteiger charge is -2.06. The number of aromatic nitrogens is 5. The Morgan fingerprint density at radius 3 is 1.93 bits per heavy atom. The normalized spacial score (nSPS) is 13.0. The SMILES string of the molecule is O=c1n(-c2nc3ccc(C(F)(F)F)cn3c2I)nc2ccc(C(F)(F)F)cn12. The van der Waals surface area contributed by atoms with Crippen molar-refractivity contribution in [3.63, 3.8) is 0 Å². The highest BCUT2D eigenvalue weighted by Crippen LogP contribution is 2.31. The molecule has 4 heterocycles. The lowest BCUT2D eigenvalue weighted by molar-refractivity contribution is -0.138. The van der Waals surface area contributed by atoms with Gasteiger partial charge in [-0.05, 0) is 46.9 Å². The fraction of sp³-hybridized carbons (Fsp3) is 0.133. The van der Waals surface area contributed by atoms with Gasteiger partial charge in [0.25, 0.3) is 0 Å². The number of pyridine rings is 2. The Bertz CT molecular complexity index is 1280. The van der Waals surface area contributed by atoms with Gasteiger partial charge in [-0.3, -0.25) is 4.40 Å². The van der Waals surface area contributed by atoms with Crippen LogP contribution < -0.4 is 5.69 Å². The van der Waals surface area contributed by atoms with Crippen LogP contribution in [0.15, 0.2) is 41.5 Å². The summed E-state index contributed by atoms with van der Waals surface area (Å²) in [6, 6.07) is 3.75. The van der Waals surface area contributed by atoms with E-state index < -0.39 is 29.2 Å². The maximum absolute atomic E-state index is 12.9. The number of halogens is 7.